The Labute approximate surface area is 191 Å². The zero-order valence-electron chi connectivity index (χ0n) is 17.3. The van der Waals surface area contributed by atoms with Gasteiger partial charge in [-0.25, -0.2) is 9.97 Å². The fourth-order valence-corrected chi connectivity index (χ4v) is 4.32. The van der Waals surface area contributed by atoms with Crippen LogP contribution < -0.4 is 15.1 Å². The number of halogens is 1. The van der Waals surface area contributed by atoms with Crippen molar-refractivity contribution in [2.75, 3.05) is 47.0 Å². The molecule has 1 saturated heterocycles. The van der Waals surface area contributed by atoms with E-state index in [0.717, 1.165) is 48.3 Å². The lowest BCUT2D eigenvalue weighted by Crippen LogP contribution is -2.46. The Hall–Kier alpha value is -2.77. The molecule has 0 radical (unpaired) electrons. The molecule has 3 aromatic rings. The van der Waals surface area contributed by atoms with Gasteiger partial charge in [-0.05, 0) is 36.8 Å². The van der Waals surface area contributed by atoms with Gasteiger partial charge in [-0.1, -0.05) is 47.6 Å². The van der Waals surface area contributed by atoms with E-state index < -0.39 is 0 Å². The van der Waals surface area contributed by atoms with E-state index in [1.165, 1.54) is 17.4 Å². The number of carbonyl (C=O) groups is 1. The molecule has 160 valence electrons. The molecule has 1 aliphatic rings. The van der Waals surface area contributed by atoms with Crippen molar-refractivity contribution >= 4 is 46.5 Å². The monoisotopic (exact) mass is 453 g/mol. The maximum atomic E-state index is 12.4. The third-order valence-electron chi connectivity index (χ3n) is 5.25. The fourth-order valence-electron chi connectivity index (χ4n) is 3.48. The summed E-state index contributed by atoms with van der Waals surface area (Å²) >= 11 is 7.52. The van der Waals surface area contributed by atoms with Gasteiger partial charge in [-0.3, -0.25) is 4.79 Å². The van der Waals surface area contributed by atoms with Gasteiger partial charge in [0.2, 0.25) is 5.91 Å². The minimum atomic E-state index is -0.0907. The van der Waals surface area contributed by atoms with Crippen LogP contribution >= 0.6 is 23.4 Å². The Balaban J connectivity index is 1.31. The Bertz CT molecular complexity index is 1040. The number of para-hydroxylation sites is 1. The van der Waals surface area contributed by atoms with Gasteiger partial charge in [-0.15, -0.1) is 0 Å². The highest BCUT2D eigenvalue weighted by molar-refractivity contribution is 7.99. The highest BCUT2D eigenvalue weighted by Crippen LogP contribution is 2.25. The SMILES string of the molecule is Cc1c(Cl)cccc1NC(=O)CSc1cc(N2CCN(c3ccccc3)CC2)ncn1. The lowest BCUT2D eigenvalue weighted by atomic mass is 10.2. The maximum absolute atomic E-state index is 12.4. The summed E-state index contributed by atoms with van der Waals surface area (Å²) in [6.07, 6.45) is 1.57. The van der Waals surface area contributed by atoms with E-state index in [1.807, 2.05) is 37.3 Å². The zero-order valence-corrected chi connectivity index (χ0v) is 18.9. The molecule has 0 unspecified atom stereocenters. The first kappa shape index (κ1) is 21.5. The highest BCUT2D eigenvalue weighted by atomic mass is 35.5. The summed E-state index contributed by atoms with van der Waals surface area (Å²) < 4.78 is 0. The molecule has 0 spiro atoms. The van der Waals surface area contributed by atoms with Crippen molar-refractivity contribution in [3.8, 4) is 0 Å². The van der Waals surface area contributed by atoms with Crippen molar-refractivity contribution in [1.82, 2.24) is 9.97 Å². The zero-order chi connectivity index (χ0) is 21.6. The standard InChI is InChI=1S/C23H24ClN5OS/c1-17-19(24)8-5-9-20(17)27-22(30)15-31-23-14-21(25-16-26-23)29-12-10-28(11-13-29)18-6-3-2-4-7-18/h2-9,14,16H,10-13,15H2,1H3,(H,27,30). The molecule has 31 heavy (non-hydrogen) atoms. The van der Waals surface area contributed by atoms with Crippen LogP contribution in [-0.2, 0) is 4.79 Å². The van der Waals surface area contributed by atoms with Crippen LogP contribution in [0.5, 0.6) is 0 Å². The number of hydrogen-bond donors (Lipinski definition) is 1. The smallest absolute Gasteiger partial charge is 0.234 e. The van der Waals surface area contributed by atoms with Gasteiger partial charge in [0.15, 0.2) is 0 Å². The number of anilines is 3. The maximum Gasteiger partial charge on any atom is 0.234 e. The summed E-state index contributed by atoms with van der Waals surface area (Å²) in [5, 5.41) is 4.34. The largest absolute Gasteiger partial charge is 0.368 e. The Morgan fingerprint density at radius 3 is 2.55 bits per heavy atom. The van der Waals surface area contributed by atoms with Crippen LogP contribution in [0.2, 0.25) is 5.02 Å². The number of piperazine rings is 1. The molecule has 8 heteroatoms. The first-order chi connectivity index (χ1) is 15.1. The number of hydrogen-bond acceptors (Lipinski definition) is 6. The van der Waals surface area contributed by atoms with E-state index in [-0.39, 0.29) is 11.7 Å². The highest BCUT2D eigenvalue weighted by Gasteiger charge is 2.19. The number of aromatic nitrogens is 2. The van der Waals surface area contributed by atoms with E-state index in [2.05, 4.69) is 49.4 Å². The Kier molecular flexibility index (Phi) is 6.94. The number of nitrogens with one attached hydrogen (secondary N) is 1. The number of amides is 1. The second-order valence-electron chi connectivity index (χ2n) is 7.27. The molecule has 2 aromatic carbocycles. The van der Waals surface area contributed by atoms with Crippen LogP contribution in [0, 0.1) is 6.92 Å². The molecule has 1 N–H and O–H groups in total. The van der Waals surface area contributed by atoms with Crippen LogP contribution in [0.25, 0.3) is 0 Å². The molecule has 2 heterocycles. The molecule has 6 nitrogen and oxygen atoms in total. The van der Waals surface area contributed by atoms with Crippen LogP contribution in [-0.4, -0.2) is 47.8 Å². The number of thioether (sulfide) groups is 1. The van der Waals surface area contributed by atoms with Crippen LogP contribution in [0.4, 0.5) is 17.2 Å². The van der Waals surface area contributed by atoms with E-state index in [1.54, 1.807) is 6.33 Å². The summed E-state index contributed by atoms with van der Waals surface area (Å²) in [6.45, 7) is 5.56. The summed E-state index contributed by atoms with van der Waals surface area (Å²) in [4.78, 5) is 25.8. The Morgan fingerprint density at radius 2 is 1.77 bits per heavy atom. The van der Waals surface area contributed by atoms with Crippen LogP contribution in [0.1, 0.15) is 5.56 Å². The van der Waals surface area contributed by atoms with Gasteiger partial charge in [0.05, 0.1) is 5.75 Å². The molecule has 0 atom stereocenters. The van der Waals surface area contributed by atoms with Gasteiger partial charge < -0.3 is 15.1 Å². The molecule has 1 aliphatic heterocycles. The predicted molar refractivity (Wildman–Crippen MR) is 128 cm³/mol. The number of benzene rings is 2. The second kappa shape index (κ2) is 10.0. The minimum absolute atomic E-state index is 0.0907. The predicted octanol–water partition coefficient (Wildman–Crippen LogP) is 4.50. The van der Waals surface area contributed by atoms with Gasteiger partial charge in [0.1, 0.15) is 17.2 Å². The Morgan fingerprint density at radius 1 is 1.03 bits per heavy atom. The van der Waals surface area contributed by atoms with Crippen molar-refractivity contribution in [1.29, 1.82) is 0 Å². The van der Waals surface area contributed by atoms with Gasteiger partial charge in [0, 0.05) is 48.6 Å². The third kappa shape index (κ3) is 5.48. The van der Waals surface area contributed by atoms with Gasteiger partial charge in [0.25, 0.3) is 0 Å². The molecule has 1 fully saturated rings. The first-order valence-electron chi connectivity index (χ1n) is 10.1. The van der Waals surface area contributed by atoms with E-state index in [4.69, 9.17) is 11.6 Å². The molecule has 1 aromatic heterocycles. The van der Waals surface area contributed by atoms with Gasteiger partial charge in [-0.2, -0.15) is 0 Å². The minimum Gasteiger partial charge on any atom is -0.368 e. The summed E-state index contributed by atoms with van der Waals surface area (Å²) in [7, 11) is 0. The lowest BCUT2D eigenvalue weighted by Gasteiger charge is -2.36. The fraction of sp³-hybridized carbons (Fsp3) is 0.261. The topological polar surface area (TPSA) is 61.4 Å². The van der Waals surface area contributed by atoms with Crippen LogP contribution in [0.3, 0.4) is 0 Å². The second-order valence-corrected chi connectivity index (χ2v) is 8.68. The van der Waals surface area contributed by atoms with Crippen molar-refractivity contribution in [2.24, 2.45) is 0 Å². The number of nitrogens with zero attached hydrogens (tertiary/aromatic N) is 4. The van der Waals surface area contributed by atoms with Crippen molar-refractivity contribution in [3.63, 3.8) is 0 Å². The molecular formula is C23H24ClN5OS. The molecular weight excluding hydrogens is 430 g/mol. The van der Waals surface area contributed by atoms with Crippen molar-refractivity contribution in [2.45, 2.75) is 11.9 Å². The van der Waals surface area contributed by atoms with Gasteiger partial charge >= 0.3 is 0 Å². The van der Waals surface area contributed by atoms with Crippen molar-refractivity contribution < 1.29 is 4.79 Å². The van der Waals surface area contributed by atoms with Crippen molar-refractivity contribution in [3.05, 3.63) is 71.5 Å². The van der Waals surface area contributed by atoms with E-state index in [0.29, 0.717) is 5.02 Å². The van der Waals surface area contributed by atoms with E-state index >= 15 is 0 Å². The molecule has 0 bridgehead atoms. The number of carbonyl (C=O) groups excluding carboxylic acids is 1. The normalized spacial score (nSPS) is 13.9. The quantitative estimate of drug-likeness (QED) is 0.438. The molecule has 4 rings (SSSR count). The average molecular weight is 454 g/mol. The molecule has 0 aliphatic carbocycles. The van der Waals surface area contributed by atoms with Crippen LogP contribution in [0.15, 0.2) is 66.0 Å². The van der Waals surface area contributed by atoms with E-state index in [9.17, 15) is 4.79 Å². The number of rotatable bonds is 6. The molecule has 1 amide bonds. The molecule has 0 saturated carbocycles. The third-order valence-corrected chi connectivity index (χ3v) is 6.58. The average Bonchev–Trinajstić information content (AvgIpc) is 2.82. The first-order valence-corrected chi connectivity index (χ1v) is 11.5. The summed E-state index contributed by atoms with van der Waals surface area (Å²) in [6, 6.07) is 17.9. The summed E-state index contributed by atoms with van der Waals surface area (Å²) in [5.74, 6) is 1.08. The lowest BCUT2D eigenvalue weighted by molar-refractivity contribution is -0.113. The summed E-state index contributed by atoms with van der Waals surface area (Å²) in [5.41, 5.74) is 2.85.